The summed E-state index contributed by atoms with van der Waals surface area (Å²) in [5, 5.41) is 2.53. The molecule has 0 spiro atoms. The topological polar surface area (TPSA) is 35.5 Å². The number of esters is 1. The van der Waals surface area contributed by atoms with Crippen LogP contribution in [0.3, 0.4) is 0 Å². The summed E-state index contributed by atoms with van der Waals surface area (Å²) in [6.45, 7) is 13.1. The van der Waals surface area contributed by atoms with Crippen LogP contribution >= 0.6 is 0 Å². The van der Waals surface area contributed by atoms with Crippen molar-refractivity contribution in [2.24, 2.45) is 0 Å². The number of hydrogen-bond donors (Lipinski definition) is 0. The fourth-order valence-corrected chi connectivity index (χ4v) is 8.09. The lowest BCUT2D eigenvalue weighted by Gasteiger charge is -2.43. The van der Waals surface area contributed by atoms with Crippen molar-refractivity contribution in [3.05, 3.63) is 72.8 Å². The Bertz CT molecular complexity index is 724. The third-order valence-corrected chi connectivity index (χ3v) is 9.90. The Morgan fingerprint density at radius 3 is 1.79 bits per heavy atom. The molecule has 4 heteroatoms. The number of carbonyl (C=O) groups is 1. The van der Waals surface area contributed by atoms with Gasteiger partial charge >= 0.3 is 5.97 Å². The largest absolute Gasteiger partial charge is 0.462 e. The predicted molar refractivity (Wildman–Crippen MR) is 119 cm³/mol. The summed E-state index contributed by atoms with van der Waals surface area (Å²) >= 11 is 0. The van der Waals surface area contributed by atoms with Gasteiger partial charge in [-0.1, -0.05) is 88.0 Å². The van der Waals surface area contributed by atoms with Crippen LogP contribution in [0.5, 0.6) is 0 Å². The second-order valence-corrected chi connectivity index (χ2v) is 12.4. The van der Waals surface area contributed by atoms with E-state index in [2.05, 4.69) is 75.9 Å². The molecule has 0 aliphatic rings. The number of rotatable bonds is 9. The van der Waals surface area contributed by atoms with E-state index in [1.54, 1.807) is 6.92 Å². The van der Waals surface area contributed by atoms with Crippen molar-refractivity contribution >= 4 is 24.7 Å². The fraction of sp³-hybridized carbons (Fsp3) is 0.375. The Balaban J connectivity index is 2.18. The molecule has 0 aliphatic carbocycles. The van der Waals surface area contributed by atoms with Crippen molar-refractivity contribution in [2.45, 2.75) is 45.6 Å². The molecule has 0 aromatic heterocycles. The molecule has 3 nitrogen and oxygen atoms in total. The zero-order valence-electron chi connectivity index (χ0n) is 17.5. The first-order chi connectivity index (χ1) is 13.3. The van der Waals surface area contributed by atoms with Crippen molar-refractivity contribution in [1.29, 1.82) is 0 Å². The van der Waals surface area contributed by atoms with Crippen molar-refractivity contribution in [3.8, 4) is 0 Å². The zero-order valence-corrected chi connectivity index (χ0v) is 18.5. The van der Waals surface area contributed by atoms with Gasteiger partial charge in [0.05, 0.1) is 6.61 Å². The SMILES string of the molecule is C=C(C)C(=O)OCCCCO[Si](c1ccccc1)(c1ccccc1)C(C)(C)C. The van der Waals surface area contributed by atoms with E-state index in [9.17, 15) is 4.79 Å². The smallest absolute Gasteiger partial charge is 0.333 e. The Hall–Kier alpha value is -2.17. The molecule has 0 unspecified atom stereocenters. The Morgan fingerprint density at radius 2 is 1.36 bits per heavy atom. The molecule has 0 saturated carbocycles. The molecule has 28 heavy (non-hydrogen) atoms. The molecule has 0 heterocycles. The van der Waals surface area contributed by atoms with E-state index in [1.807, 2.05) is 12.1 Å². The highest BCUT2D eigenvalue weighted by Crippen LogP contribution is 2.36. The van der Waals surface area contributed by atoms with Crippen molar-refractivity contribution in [1.82, 2.24) is 0 Å². The van der Waals surface area contributed by atoms with E-state index >= 15 is 0 Å². The number of hydrogen-bond acceptors (Lipinski definition) is 3. The standard InChI is InChI=1S/C24H32O3Si/c1-20(2)23(25)26-18-12-13-19-27-28(24(3,4)5,21-14-8-6-9-15-21)22-16-10-7-11-17-22/h6-11,14-17H,1,12-13,18-19H2,2-5H3. The van der Waals surface area contributed by atoms with Gasteiger partial charge in [0.25, 0.3) is 8.32 Å². The van der Waals surface area contributed by atoms with E-state index in [0.717, 1.165) is 12.8 Å². The Kier molecular flexibility index (Phi) is 7.78. The van der Waals surface area contributed by atoms with Gasteiger partial charge in [-0.25, -0.2) is 4.79 Å². The molecule has 0 atom stereocenters. The maximum Gasteiger partial charge on any atom is 0.333 e. The minimum Gasteiger partial charge on any atom is -0.462 e. The van der Waals surface area contributed by atoms with Gasteiger partial charge in [0.2, 0.25) is 0 Å². The molecular weight excluding hydrogens is 364 g/mol. The number of ether oxygens (including phenoxy) is 1. The van der Waals surface area contributed by atoms with Crippen LogP contribution < -0.4 is 10.4 Å². The van der Waals surface area contributed by atoms with Crippen molar-refractivity contribution in [3.63, 3.8) is 0 Å². The molecule has 0 amide bonds. The normalized spacial score (nSPS) is 11.9. The maximum atomic E-state index is 11.5. The molecule has 150 valence electrons. The quantitative estimate of drug-likeness (QED) is 0.272. The van der Waals surface area contributed by atoms with Crippen molar-refractivity contribution in [2.75, 3.05) is 13.2 Å². The van der Waals surface area contributed by atoms with Gasteiger partial charge in [0.1, 0.15) is 0 Å². The molecule has 2 rings (SSSR count). The minimum absolute atomic E-state index is 0.0257. The Labute approximate surface area is 170 Å². The summed E-state index contributed by atoms with van der Waals surface area (Å²) in [7, 11) is -2.47. The van der Waals surface area contributed by atoms with Crippen LogP contribution in [0.2, 0.25) is 5.04 Å². The fourth-order valence-electron chi connectivity index (χ4n) is 3.48. The average molecular weight is 397 g/mol. The summed E-state index contributed by atoms with van der Waals surface area (Å²) in [4.78, 5) is 11.5. The third-order valence-electron chi connectivity index (χ3n) is 4.86. The van der Waals surface area contributed by atoms with E-state index in [4.69, 9.17) is 9.16 Å². The van der Waals surface area contributed by atoms with Crippen LogP contribution in [0, 0.1) is 0 Å². The molecule has 0 saturated heterocycles. The molecule has 0 fully saturated rings. The van der Waals surface area contributed by atoms with Gasteiger partial charge in [-0.05, 0) is 35.2 Å². The third kappa shape index (κ3) is 5.21. The maximum absolute atomic E-state index is 11.5. The molecule has 0 N–H and O–H groups in total. The molecule has 2 aromatic carbocycles. The lowest BCUT2D eigenvalue weighted by atomic mass is 10.2. The van der Waals surface area contributed by atoms with Crippen LogP contribution in [0.4, 0.5) is 0 Å². The van der Waals surface area contributed by atoms with Gasteiger partial charge in [-0.2, -0.15) is 0 Å². The van der Waals surface area contributed by atoms with E-state index < -0.39 is 8.32 Å². The predicted octanol–water partition coefficient (Wildman–Crippen LogP) is 4.46. The first kappa shape index (κ1) is 22.1. The van der Waals surface area contributed by atoms with E-state index in [0.29, 0.717) is 18.8 Å². The molecule has 0 bridgehead atoms. The highest BCUT2D eigenvalue weighted by atomic mass is 28.4. The van der Waals surface area contributed by atoms with Crippen LogP contribution in [-0.2, 0) is 14.0 Å². The average Bonchev–Trinajstić information content (AvgIpc) is 2.67. The molecule has 0 radical (unpaired) electrons. The van der Waals surface area contributed by atoms with Gasteiger partial charge in [0.15, 0.2) is 0 Å². The summed E-state index contributed by atoms with van der Waals surface area (Å²) < 4.78 is 12.0. The molecular formula is C24H32O3Si. The summed E-state index contributed by atoms with van der Waals surface area (Å²) in [6.07, 6.45) is 1.62. The van der Waals surface area contributed by atoms with E-state index in [-0.39, 0.29) is 11.0 Å². The van der Waals surface area contributed by atoms with Crippen LogP contribution in [0.25, 0.3) is 0 Å². The summed E-state index contributed by atoms with van der Waals surface area (Å²) in [6, 6.07) is 21.2. The first-order valence-corrected chi connectivity index (χ1v) is 11.8. The van der Waals surface area contributed by atoms with Gasteiger partial charge in [-0.3, -0.25) is 0 Å². The highest BCUT2D eigenvalue weighted by molar-refractivity contribution is 6.99. The van der Waals surface area contributed by atoms with Crippen LogP contribution in [0.15, 0.2) is 72.8 Å². The zero-order chi connectivity index (χ0) is 20.6. The monoisotopic (exact) mass is 396 g/mol. The molecule has 2 aromatic rings. The summed E-state index contributed by atoms with van der Waals surface area (Å²) in [5.74, 6) is -0.326. The first-order valence-electron chi connectivity index (χ1n) is 9.86. The lowest BCUT2D eigenvalue weighted by molar-refractivity contribution is -0.139. The van der Waals surface area contributed by atoms with Gasteiger partial charge in [0, 0.05) is 12.2 Å². The second-order valence-electron chi connectivity index (χ2n) is 8.14. The van der Waals surface area contributed by atoms with Crippen LogP contribution in [-0.4, -0.2) is 27.5 Å². The molecule has 0 aliphatic heterocycles. The summed E-state index contributed by atoms with van der Waals surface area (Å²) in [5.41, 5.74) is 0.434. The van der Waals surface area contributed by atoms with Gasteiger partial charge in [-0.15, -0.1) is 0 Å². The number of carbonyl (C=O) groups excluding carboxylic acids is 1. The number of benzene rings is 2. The highest BCUT2D eigenvalue weighted by Gasteiger charge is 2.49. The van der Waals surface area contributed by atoms with Crippen LogP contribution in [0.1, 0.15) is 40.5 Å². The number of unbranched alkanes of at least 4 members (excludes halogenated alkanes) is 1. The lowest BCUT2D eigenvalue weighted by Crippen LogP contribution is -2.66. The van der Waals surface area contributed by atoms with Crippen molar-refractivity contribution < 1.29 is 14.0 Å². The second kappa shape index (κ2) is 9.85. The van der Waals surface area contributed by atoms with E-state index in [1.165, 1.54) is 10.4 Å². The van der Waals surface area contributed by atoms with Gasteiger partial charge < -0.3 is 9.16 Å². The minimum atomic E-state index is -2.47. The Morgan fingerprint density at radius 1 is 0.893 bits per heavy atom.